The molecular formula is C10H17N3O5. The van der Waals surface area contributed by atoms with Crippen molar-refractivity contribution in [3.05, 3.63) is 0 Å². The Hall–Kier alpha value is -1.96. The second-order valence-corrected chi connectivity index (χ2v) is 4.16. The summed E-state index contributed by atoms with van der Waals surface area (Å²) in [7, 11) is 0. The first-order valence-electron chi connectivity index (χ1n) is 5.28. The molecule has 0 unspecified atom stereocenters. The van der Waals surface area contributed by atoms with E-state index in [4.69, 9.17) is 16.6 Å². The van der Waals surface area contributed by atoms with Gasteiger partial charge >= 0.3 is 5.97 Å². The summed E-state index contributed by atoms with van der Waals surface area (Å²) in [5, 5.41) is 10.7. The lowest BCUT2D eigenvalue weighted by atomic mass is 9.99. The minimum atomic E-state index is -1.29. The van der Waals surface area contributed by atoms with Crippen molar-refractivity contribution in [3.8, 4) is 0 Å². The molecular weight excluding hydrogens is 242 g/mol. The number of rotatable bonds is 7. The van der Waals surface area contributed by atoms with Crippen LogP contribution in [0.15, 0.2) is 0 Å². The van der Waals surface area contributed by atoms with E-state index in [0.29, 0.717) is 0 Å². The zero-order chi connectivity index (χ0) is 14.5. The number of ketones is 1. The largest absolute Gasteiger partial charge is 0.481 e. The Labute approximate surface area is 104 Å². The minimum Gasteiger partial charge on any atom is -0.481 e. The van der Waals surface area contributed by atoms with Crippen LogP contribution in [0.25, 0.3) is 0 Å². The molecule has 0 aliphatic carbocycles. The van der Waals surface area contributed by atoms with Crippen LogP contribution in [-0.2, 0) is 19.2 Å². The van der Waals surface area contributed by atoms with Gasteiger partial charge < -0.3 is 21.9 Å². The van der Waals surface area contributed by atoms with Crippen molar-refractivity contribution in [1.82, 2.24) is 5.32 Å². The Morgan fingerprint density at radius 2 is 1.72 bits per heavy atom. The summed E-state index contributed by atoms with van der Waals surface area (Å²) in [6, 6.07) is -2.39. The molecule has 2 atom stereocenters. The summed E-state index contributed by atoms with van der Waals surface area (Å²) >= 11 is 0. The van der Waals surface area contributed by atoms with Crippen LogP contribution < -0.4 is 16.8 Å². The van der Waals surface area contributed by atoms with Crippen LogP contribution in [0.5, 0.6) is 0 Å². The molecule has 0 rings (SSSR count). The predicted molar refractivity (Wildman–Crippen MR) is 61.2 cm³/mol. The van der Waals surface area contributed by atoms with Crippen LogP contribution in [0.1, 0.15) is 20.3 Å². The van der Waals surface area contributed by atoms with Crippen LogP contribution in [0.4, 0.5) is 0 Å². The molecule has 0 fully saturated rings. The number of carbonyl (C=O) groups is 4. The highest BCUT2D eigenvalue weighted by molar-refractivity contribution is 6.37. The van der Waals surface area contributed by atoms with Crippen molar-refractivity contribution in [2.45, 2.75) is 32.4 Å². The maximum atomic E-state index is 11.5. The number of hydrogen-bond donors (Lipinski definition) is 4. The molecule has 2 amide bonds. The molecule has 0 radical (unpaired) electrons. The van der Waals surface area contributed by atoms with Crippen LogP contribution in [0.3, 0.4) is 0 Å². The molecule has 0 aromatic heterocycles. The van der Waals surface area contributed by atoms with Gasteiger partial charge in [-0.2, -0.15) is 0 Å². The standard InChI is InChI=1S/C10H17N3O5/c1-4(2)7(8(16)9(12)17)13-10(18)5(11)3-6(14)15/h4-5,7H,3,11H2,1-2H3,(H2,12,17)(H,13,18)(H,14,15)/t5-,7-/m0/s1. The quantitative estimate of drug-likeness (QED) is 0.387. The fourth-order valence-corrected chi connectivity index (χ4v) is 1.23. The molecule has 0 spiro atoms. The van der Waals surface area contributed by atoms with Crippen molar-refractivity contribution in [3.63, 3.8) is 0 Å². The molecule has 8 heteroatoms. The fraction of sp³-hybridized carbons (Fsp3) is 0.600. The van der Waals surface area contributed by atoms with Gasteiger partial charge in [-0.3, -0.25) is 19.2 Å². The third-order valence-corrected chi connectivity index (χ3v) is 2.22. The van der Waals surface area contributed by atoms with E-state index < -0.39 is 42.1 Å². The normalized spacial score (nSPS) is 13.8. The Bertz CT molecular complexity index is 367. The number of Topliss-reactive ketones (excluding diaryl/α,β-unsaturated/α-hetero) is 1. The lowest BCUT2D eigenvalue weighted by molar-refractivity contribution is -0.141. The number of carboxylic acids is 1. The topological polar surface area (TPSA) is 153 Å². The van der Waals surface area contributed by atoms with Gasteiger partial charge in [-0.1, -0.05) is 13.8 Å². The third-order valence-electron chi connectivity index (χ3n) is 2.22. The number of carbonyl (C=O) groups excluding carboxylic acids is 3. The Morgan fingerprint density at radius 3 is 2.06 bits per heavy atom. The summed E-state index contributed by atoms with van der Waals surface area (Å²) in [5.41, 5.74) is 10.2. The number of amides is 2. The second kappa shape index (κ2) is 6.70. The highest BCUT2D eigenvalue weighted by Crippen LogP contribution is 2.04. The molecule has 18 heavy (non-hydrogen) atoms. The van der Waals surface area contributed by atoms with E-state index in [1.54, 1.807) is 13.8 Å². The maximum Gasteiger partial charge on any atom is 0.305 e. The van der Waals surface area contributed by atoms with Gasteiger partial charge in [-0.05, 0) is 5.92 Å². The Morgan fingerprint density at radius 1 is 1.22 bits per heavy atom. The average molecular weight is 259 g/mol. The molecule has 0 aliphatic heterocycles. The minimum absolute atomic E-state index is 0.369. The summed E-state index contributed by atoms with van der Waals surface area (Å²) in [6.07, 6.45) is -0.568. The Kier molecular flexibility index (Phi) is 5.97. The lowest BCUT2D eigenvalue weighted by Crippen LogP contribution is -2.53. The first-order valence-corrected chi connectivity index (χ1v) is 5.28. The van der Waals surface area contributed by atoms with E-state index in [2.05, 4.69) is 5.32 Å². The highest BCUT2D eigenvalue weighted by atomic mass is 16.4. The zero-order valence-corrected chi connectivity index (χ0v) is 10.2. The first-order chi connectivity index (χ1) is 8.16. The number of hydrogen-bond acceptors (Lipinski definition) is 5. The Balaban J connectivity index is 4.70. The summed E-state index contributed by atoms with van der Waals surface area (Å²) in [6.45, 7) is 3.21. The van der Waals surface area contributed by atoms with Crippen molar-refractivity contribution < 1.29 is 24.3 Å². The first kappa shape index (κ1) is 16.0. The van der Waals surface area contributed by atoms with E-state index in [1.165, 1.54) is 0 Å². The molecule has 0 saturated heterocycles. The summed E-state index contributed by atoms with van der Waals surface area (Å²) in [4.78, 5) is 44.1. The van der Waals surface area contributed by atoms with Gasteiger partial charge in [-0.25, -0.2) is 0 Å². The molecule has 6 N–H and O–H groups in total. The van der Waals surface area contributed by atoms with E-state index in [1.807, 2.05) is 0 Å². The second-order valence-electron chi connectivity index (χ2n) is 4.16. The number of aliphatic carboxylic acids is 1. The molecule has 8 nitrogen and oxygen atoms in total. The van der Waals surface area contributed by atoms with E-state index in [0.717, 1.165) is 0 Å². The van der Waals surface area contributed by atoms with Gasteiger partial charge in [0.2, 0.25) is 11.7 Å². The van der Waals surface area contributed by atoms with Gasteiger partial charge in [0.05, 0.1) is 18.5 Å². The smallest absolute Gasteiger partial charge is 0.305 e. The highest BCUT2D eigenvalue weighted by Gasteiger charge is 2.29. The molecule has 0 heterocycles. The number of nitrogens with two attached hydrogens (primary N) is 2. The van der Waals surface area contributed by atoms with Crippen LogP contribution in [0.2, 0.25) is 0 Å². The van der Waals surface area contributed by atoms with Crippen LogP contribution >= 0.6 is 0 Å². The van der Waals surface area contributed by atoms with Crippen LogP contribution in [-0.4, -0.2) is 40.8 Å². The van der Waals surface area contributed by atoms with E-state index >= 15 is 0 Å². The van der Waals surface area contributed by atoms with Crippen molar-refractivity contribution in [1.29, 1.82) is 0 Å². The van der Waals surface area contributed by atoms with Crippen molar-refractivity contribution in [2.24, 2.45) is 17.4 Å². The van der Waals surface area contributed by atoms with Gasteiger partial charge in [0.15, 0.2) is 0 Å². The molecule has 0 aromatic carbocycles. The fourth-order valence-electron chi connectivity index (χ4n) is 1.23. The van der Waals surface area contributed by atoms with Gasteiger partial charge in [0.1, 0.15) is 0 Å². The molecule has 0 aliphatic rings. The van der Waals surface area contributed by atoms with Gasteiger partial charge in [-0.15, -0.1) is 0 Å². The van der Waals surface area contributed by atoms with E-state index in [9.17, 15) is 19.2 Å². The zero-order valence-electron chi connectivity index (χ0n) is 10.2. The average Bonchev–Trinajstić information content (AvgIpc) is 2.22. The lowest BCUT2D eigenvalue weighted by Gasteiger charge is -2.21. The van der Waals surface area contributed by atoms with Crippen molar-refractivity contribution >= 4 is 23.6 Å². The van der Waals surface area contributed by atoms with E-state index in [-0.39, 0.29) is 5.92 Å². The SMILES string of the molecule is CC(C)[C@H](NC(=O)[C@@H](N)CC(=O)O)C(=O)C(N)=O. The number of primary amides is 1. The molecule has 0 saturated carbocycles. The summed E-state index contributed by atoms with van der Waals surface area (Å²) in [5.74, 6) is -4.53. The maximum absolute atomic E-state index is 11.5. The predicted octanol–water partition coefficient (Wildman–Crippen LogP) is -2.02. The number of nitrogens with one attached hydrogen (secondary N) is 1. The van der Waals surface area contributed by atoms with Gasteiger partial charge in [0.25, 0.3) is 5.91 Å². The molecule has 102 valence electrons. The van der Waals surface area contributed by atoms with Gasteiger partial charge in [0, 0.05) is 0 Å². The number of carboxylic acid groups (broad SMARTS) is 1. The van der Waals surface area contributed by atoms with Crippen LogP contribution in [0, 0.1) is 5.92 Å². The van der Waals surface area contributed by atoms with Crippen molar-refractivity contribution in [2.75, 3.05) is 0 Å². The monoisotopic (exact) mass is 259 g/mol. The summed E-state index contributed by atoms with van der Waals surface area (Å²) < 4.78 is 0. The molecule has 0 bridgehead atoms. The molecule has 0 aromatic rings. The third kappa shape index (κ3) is 4.91.